The zero-order chi connectivity index (χ0) is 21.4. The van der Waals surface area contributed by atoms with Crippen LogP contribution in [0, 0.1) is 10.8 Å². The molecular formula is C20H39N7O. The van der Waals surface area contributed by atoms with Crippen LogP contribution in [0.4, 0.5) is 5.95 Å². The minimum Gasteiger partial charge on any atom is -0.401 e. The Morgan fingerprint density at radius 3 is 2.57 bits per heavy atom. The summed E-state index contributed by atoms with van der Waals surface area (Å²) >= 11 is 0. The van der Waals surface area contributed by atoms with Crippen molar-refractivity contribution >= 4 is 11.9 Å². The molecule has 1 heterocycles. The molecule has 160 valence electrons. The molecule has 0 aliphatic rings. The second kappa shape index (κ2) is 10.4. The number of imidazole rings is 1. The molecule has 0 atom stereocenters. The van der Waals surface area contributed by atoms with Gasteiger partial charge in [0.1, 0.15) is 6.54 Å². The van der Waals surface area contributed by atoms with E-state index in [0.717, 1.165) is 31.4 Å². The first-order valence-electron chi connectivity index (χ1n) is 9.90. The molecule has 8 heteroatoms. The lowest BCUT2D eigenvalue weighted by molar-refractivity contribution is -0.121. The zero-order valence-corrected chi connectivity index (χ0v) is 18.1. The molecule has 0 aliphatic carbocycles. The van der Waals surface area contributed by atoms with Crippen molar-refractivity contribution in [1.29, 1.82) is 0 Å². The van der Waals surface area contributed by atoms with Gasteiger partial charge in [-0.2, -0.15) is 0 Å². The summed E-state index contributed by atoms with van der Waals surface area (Å²) in [6.45, 7) is 11.9. The molecule has 1 amide bonds. The number of aryl methyl sites for hydroxylation is 1. The van der Waals surface area contributed by atoms with Crippen LogP contribution in [0.1, 0.15) is 66.0 Å². The molecule has 1 aromatic rings. The number of nitrogens with two attached hydrogens (primary N) is 3. The maximum absolute atomic E-state index is 12.1. The molecule has 0 saturated heterocycles. The van der Waals surface area contributed by atoms with Crippen LogP contribution < -0.4 is 22.6 Å². The highest BCUT2D eigenvalue weighted by atomic mass is 16.2. The molecule has 0 spiro atoms. The number of hydrogen-bond donors (Lipinski definition) is 5. The number of carbonyl (C=O) groups excluding carboxylic acids is 1. The average molecular weight is 394 g/mol. The lowest BCUT2D eigenvalue weighted by Crippen LogP contribution is -2.39. The number of anilines is 1. The monoisotopic (exact) mass is 393 g/mol. The molecule has 1 aromatic heterocycles. The van der Waals surface area contributed by atoms with E-state index in [1.165, 1.54) is 5.01 Å². The van der Waals surface area contributed by atoms with E-state index in [-0.39, 0.29) is 23.3 Å². The summed E-state index contributed by atoms with van der Waals surface area (Å²) in [6.07, 6.45) is 7.68. The first-order chi connectivity index (χ1) is 12.9. The predicted molar refractivity (Wildman–Crippen MR) is 115 cm³/mol. The zero-order valence-electron chi connectivity index (χ0n) is 18.1. The number of rotatable bonds is 11. The van der Waals surface area contributed by atoms with Crippen molar-refractivity contribution in [3.8, 4) is 0 Å². The van der Waals surface area contributed by atoms with E-state index in [1.54, 1.807) is 12.4 Å². The first-order valence-corrected chi connectivity index (χ1v) is 9.90. The van der Waals surface area contributed by atoms with Crippen LogP contribution in [-0.4, -0.2) is 34.0 Å². The molecule has 0 fully saturated rings. The summed E-state index contributed by atoms with van der Waals surface area (Å²) in [4.78, 5) is 19.0. The molecule has 0 bridgehead atoms. The van der Waals surface area contributed by atoms with Gasteiger partial charge in [-0.25, -0.2) is 10.8 Å². The Kier molecular flexibility index (Phi) is 8.81. The van der Waals surface area contributed by atoms with Crippen molar-refractivity contribution in [3.63, 3.8) is 0 Å². The Morgan fingerprint density at radius 2 is 2.00 bits per heavy atom. The number of nitrogens with one attached hydrogen (secondary N) is 2. The van der Waals surface area contributed by atoms with Gasteiger partial charge in [-0.3, -0.25) is 4.79 Å². The van der Waals surface area contributed by atoms with E-state index in [1.807, 2.05) is 0 Å². The van der Waals surface area contributed by atoms with Gasteiger partial charge in [-0.05, 0) is 42.9 Å². The van der Waals surface area contributed by atoms with Crippen molar-refractivity contribution in [1.82, 2.24) is 20.3 Å². The van der Waals surface area contributed by atoms with E-state index in [4.69, 9.17) is 17.3 Å². The van der Waals surface area contributed by atoms with Gasteiger partial charge >= 0.3 is 0 Å². The Balaban J connectivity index is 2.27. The lowest BCUT2D eigenvalue weighted by atomic mass is 9.74. The fourth-order valence-corrected chi connectivity index (χ4v) is 3.60. The van der Waals surface area contributed by atoms with Crippen molar-refractivity contribution < 1.29 is 4.79 Å². The second-order valence-corrected chi connectivity index (χ2v) is 9.53. The number of hydrogen-bond acceptors (Lipinski definition) is 6. The molecule has 0 radical (unpaired) electrons. The standard InChI is InChI=1S/C20H39N7O/c1-19(2,3)14-20(4,5)9-10-24-17(28)13-27(23)12-15(21)7-6-8-16-11-25-18(22)26-16/h11-12H,6-10,13-14,21,23H2,1-5H3,(H,24,28)(H3,22,25,26)/b15-12-. The molecule has 8 N–H and O–H groups in total. The topological polar surface area (TPSA) is 139 Å². The highest BCUT2D eigenvalue weighted by Gasteiger charge is 2.25. The highest BCUT2D eigenvalue weighted by molar-refractivity contribution is 5.78. The van der Waals surface area contributed by atoms with Crippen molar-refractivity contribution in [2.45, 2.75) is 66.7 Å². The highest BCUT2D eigenvalue weighted by Crippen LogP contribution is 2.35. The molecule has 0 unspecified atom stereocenters. The number of amides is 1. The fourth-order valence-electron chi connectivity index (χ4n) is 3.60. The van der Waals surface area contributed by atoms with Gasteiger partial charge in [0.15, 0.2) is 5.95 Å². The van der Waals surface area contributed by atoms with Crippen LogP contribution >= 0.6 is 0 Å². The third-order valence-corrected chi connectivity index (χ3v) is 4.35. The summed E-state index contributed by atoms with van der Waals surface area (Å²) in [5.74, 6) is 6.20. The van der Waals surface area contributed by atoms with E-state index >= 15 is 0 Å². The van der Waals surface area contributed by atoms with Crippen molar-refractivity contribution in [3.05, 3.63) is 23.8 Å². The smallest absolute Gasteiger partial charge is 0.241 e. The van der Waals surface area contributed by atoms with E-state index in [2.05, 4.69) is 49.9 Å². The van der Waals surface area contributed by atoms with Crippen LogP contribution in [0.3, 0.4) is 0 Å². The van der Waals surface area contributed by atoms with Crippen LogP contribution in [0.5, 0.6) is 0 Å². The number of hydrazine groups is 1. The van der Waals surface area contributed by atoms with E-state index in [9.17, 15) is 4.79 Å². The van der Waals surface area contributed by atoms with Crippen molar-refractivity contribution in [2.24, 2.45) is 22.4 Å². The van der Waals surface area contributed by atoms with Crippen LogP contribution in [0.2, 0.25) is 0 Å². The molecule has 1 rings (SSSR count). The third kappa shape index (κ3) is 10.8. The molecule has 8 nitrogen and oxygen atoms in total. The van der Waals surface area contributed by atoms with E-state index in [0.29, 0.717) is 24.6 Å². The number of carbonyl (C=O) groups is 1. The molecular weight excluding hydrogens is 354 g/mol. The van der Waals surface area contributed by atoms with Crippen LogP contribution in [-0.2, 0) is 11.2 Å². The Bertz CT molecular complexity index is 643. The number of aromatic amines is 1. The number of H-pyrrole nitrogens is 1. The average Bonchev–Trinajstić information content (AvgIpc) is 2.89. The summed E-state index contributed by atoms with van der Waals surface area (Å²) in [5.41, 5.74) is 13.6. The van der Waals surface area contributed by atoms with Gasteiger partial charge in [0.05, 0.1) is 6.20 Å². The first kappa shape index (κ1) is 23.8. The van der Waals surface area contributed by atoms with E-state index < -0.39 is 0 Å². The number of nitrogens with zero attached hydrogens (tertiary/aromatic N) is 2. The van der Waals surface area contributed by atoms with Gasteiger partial charge in [-0.1, -0.05) is 34.6 Å². The summed E-state index contributed by atoms with van der Waals surface area (Å²) < 4.78 is 0. The minimum atomic E-state index is -0.106. The number of nitrogen functional groups attached to an aromatic ring is 1. The van der Waals surface area contributed by atoms with Crippen LogP contribution in [0.25, 0.3) is 0 Å². The molecule has 0 saturated carbocycles. The van der Waals surface area contributed by atoms with Gasteiger partial charge < -0.3 is 26.8 Å². The maximum atomic E-state index is 12.1. The van der Waals surface area contributed by atoms with Gasteiger partial charge in [0.25, 0.3) is 0 Å². The number of aromatic nitrogens is 2. The van der Waals surface area contributed by atoms with Crippen LogP contribution in [0.15, 0.2) is 18.1 Å². The summed E-state index contributed by atoms with van der Waals surface area (Å²) in [5, 5.41) is 4.27. The van der Waals surface area contributed by atoms with Crippen molar-refractivity contribution in [2.75, 3.05) is 18.8 Å². The minimum absolute atomic E-state index is 0.0808. The summed E-state index contributed by atoms with van der Waals surface area (Å²) in [6, 6.07) is 0. The Morgan fingerprint density at radius 1 is 1.32 bits per heavy atom. The quantitative estimate of drug-likeness (QED) is 0.289. The maximum Gasteiger partial charge on any atom is 0.241 e. The summed E-state index contributed by atoms with van der Waals surface area (Å²) in [7, 11) is 0. The molecule has 0 aliphatic heterocycles. The lowest BCUT2D eigenvalue weighted by Gasteiger charge is -2.32. The SMILES string of the molecule is CC(C)(C)CC(C)(C)CCNC(=O)CN(N)/C=C(\N)CCCc1cnc(N)[nH]1. The Hall–Kier alpha value is -2.22. The number of allylic oxidation sites excluding steroid dienone is 1. The normalized spacial score (nSPS) is 12.9. The predicted octanol–water partition coefficient (Wildman–Crippen LogP) is 2.26. The second-order valence-electron chi connectivity index (χ2n) is 9.53. The fraction of sp³-hybridized carbons (Fsp3) is 0.700. The largest absolute Gasteiger partial charge is 0.401 e. The van der Waals surface area contributed by atoms with Gasteiger partial charge in [-0.15, -0.1) is 0 Å². The molecule has 28 heavy (non-hydrogen) atoms. The molecule has 0 aromatic carbocycles. The van der Waals surface area contributed by atoms with Gasteiger partial charge in [0.2, 0.25) is 5.91 Å². The third-order valence-electron chi connectivity index (χ3n) is 4.35. The van der Waals surface area contributed by atoms with Gasteiger partial charge in [0, 0.05) is 24.1 Å². The Labute approximate surface area is 169 Å².